The molecule has 21 heavy (non-hydrogen) atoms. The average molecular weight is 304 g/mol. The van der Waals surface area contributed by atoms with E-state index in [9.17, 15) is 4.39 Å². The van der Waals surface area contributed by atoms with E-state index in [1.165, 1.54) is 6.07 Å². The van der Waals surface area contributed by atoms with Gasteiger partial charge in [0.1, 0.15) is 5.82 Å². The Morgan fingerprint density at radius 1 is 1.29 bits per heavy atom. The van der Waals surface area contributed by atoms with E-state index in [1.807, 2.05) is 0 Å². The fraction of sp³-hybridized carbons (Fsp3) is 0.200. The van der Waals surface area contributed by atoms with E-state index in [0.717, 1.165) is 27.9 Å². The van der Waals surface area contributed by atoms with Gasteiger partial charge in [-0.15, -0.1) is 0 Å². The van der Waals surface area contributed by atoms with Gasteiger partial charge >= 0.3 is 0 Å². The van der Waals surface area contributed by atoms with E-state index < -0.39 is 0 Å². The minimum absolute atomic E-state index is 0.194. The molecule has 0 aliphatic carbocycles. The maximum Gasteiger partial charge on any atom is 0.222 e. The van der Waals surface area contributed by atoms with Crippen molar-refractivity contribution in [1.82, 2.24) is 14.5 Å². The summed E-state index contributed by atoms with van der Waals surface area (Å²) in [5.41, 5.74) is 3.52. The lowest BCUT2D eigenvalue weighted by Crippen LogP contribution is -2.16. The van der Waals surface area contributed by atoms with Crippen molar-refractivity contribution in [3.8, 4) is 11.3 Å². The van der Waals surface area contributed by atoms with Crippen molar-refractivity contribution in [3.63, 3.8) is 0 Å². The van der Waals surface area contributed by atoms with Crippen molar-refractivity contribution in [2.75, 3.05) is 6.61 Å². The van der Waals surface area contributed by atoms with Crippen molar-refractivity contribution >= 4 is 22.5 Å². The highest BCUT2D eigenvalue weighted by atomic mass is 35.5. The number of hydrogen-bond acceptors (Lipinski definition) is 3. The van der Waals surface area contributed by atoms with E-state index in [2.05, 4.69) is 14.5 Å². The zero-order valence-corrected chi connectivity index (χ0v) is 11.8. The van der Waals surface area contributed by atoms with Gasteiger partial charge in [-0.1, -0.05) is 0 Å². The van der Waals surface area contributed by atoms with Crippen molar-refractivity contribution < 1.29 is 9.13 Å². The normalized spacial score (nSPS) is 14.4. The van der Waals surface area contributed by atoms with E-state index in [-0.39, 0.29) is 11.1 Å². The zero-order valence-electron chi connectivity index (χ0n) is 11.0. The predicted octanol–water partition coefficient (Wildman–Crippen LogP) is 3.42. The first-order chi connectivity index (χ1) is 10.2. The molecule has 0 spiro atoms. The van der Waals surface area contributed by atoms with Crippen molar-refractivity contribution in [2.24, 2.45) is 0 Å². The van der Waals surface area contributed by atoms with Crippen LogP contribution in [0, 0.1) is 5.82 Å². The third kappa shape index (κ3) is 2.01. The average Bonchev–Trinajstić information content (AvgIpc) is 2.81. The number of nitrogens with zero attached hydrogens (tertiary/aromatic N) is 3. The van der Waals surface area contributed by atoms with Crippen LogP contribution in [0.4, 0.5) is 4.39 Å². The van der Waals surface area contributed by atoms with Gasteiger partial charge in [-0.25, -0.2) is 14.4 Å². The molecule has 0 bridgehead atoms. The standard InChI is InChI=1S/C15H11ClFN3O/c16-15-18-4-3-11(19-15)14-10-2-1-9(17)7-12(10)20-5-6-21-8-13(14)20/h1-4,7H,5-6,8H2. The highest BCUT2D eigenvalue weighted by Crippen LogP contribution is 2.36. The summed E-state index contributed by atoms with van der Waals surface area (Å²) in [6.45, 7) is 1.80. The molecule has 1 aliphatic rings. The monoisotopic (exact) mass is 303 g/mol. The number of hydrogen-bond donors (Lipinski definition) is 0. The van der Waals surface area contributed by atoms with Crippen LogP contribution < -0.4 is 0 Å². The molecule has 3 heterocycles. The number of ether oxygens (including phenoxy) is 1. The Kier molecular flexibility index (Phi) is 2.90. The summed E-state index contributed by atoms with van der Waals surface area (Å²) in [5, 5.41) is 1.14. The Labute approximate surface area is 125 Å². The van der Waals surface area contributed by atoms with E-state index in [4.69, 9.17) is 16.3 Å². The van der Waals surface area contributed by atoms with Crippen molar-refractivity contribution in [1.29, 1.82) is 0 Å². The molecule has 0 N–H and O–H groups in total. The molecule has 2 aromatic heterocycles. The molecule has 4 rings (SSSR count). The molecule has 0 unspecified atom stereocenters. The van der Waals surface area contributed by atoms with E-state index in [1.54, 1.807) is 24.4 Å². The Hall–Kier alpha value is -1.98. The SMILES string of the molecule is Fc1ccc2c(-c3ccnc(Cl)n3)c3n(c2c1)CCOC3. The van der Waals surface area contributed by atoms with Crippen molar-refractivity contribution in [2.45, 2.75) is 13.2 Å². The molecule has 6 heteroatoms. The van der Waals surface area contributed by atoms with Gasteiger partial charge in [-0.2, -0.15) is 0 Å². The molecule has 0 atom stereocenters. The third-order valence-electron chi connectivity index (χ3n) is 3.71. The second-order valence-corrected chi connectivity index (χ2v) is 5.24. The van der Waals surface area contributed by atoms with Crippen LogP contribution in [-0.2, 0) is 17.9 Å². The second-order valence-electron chi connectivity index (χ2n) is 4.90. The van der Waals surface area contributed by atoms with Gasteiger partial charge in [0.25, 0.3) is 0 Å². The van der Waals surface area contributed by atoms with Gasteiger partial charge < -0.3 is 9.30 Å². The lowest BCUT2D eigenvalue weighted by molar-refractivity contribution is 0.0869. The smallest absolute Gasteiger partial charge is 0.222 e. The van der Waals surface area contributed by atoms with Gasteiger partial charge in [-0.05, 0) is 35.9 Å². The molecule has 0 saturated carbocycles. The lowest BCUT2D eigenvalue weighted by atomic mass is 10.1. The summed E-state index contributed by atoms with van der Waals surface area (Å²) in [6, 6.07) is 6.60. The number of rotatable bonds is 1. The van der Waals surface area contributed by atoms with Gasteiger partial charge in [0.15, 0.2) is 0 Å². The molecule has 3 aromatic rings. The number of fused-ring (bicyclic) bond motifs is 3. The summed E-state index contributed by atoms with van der Waals surface area (Å²) in [5.74, 6) is -0.249. The summed E-state index contributed by atoms with van der Waals surface area (Å²) < 4.78 is 21.2. The van der Waals surface area contributed by atoms with Crippen LogP contribution in [-0.4, -0.2) is 21.1 Å². The van der Waals surface area contributed by atoms with Crippen LogP contribution in [0.25, 0.3) is 22.2 Å². The molecule has 0 fully saturated rings. The largest absolute Gasteiger partial charge is 0.373 e. The quantitative estimate of drug-likeness (QED) is 0.647. The summed E-state index contributed by atoms with van der Waals surface area (Å²) in [4.78, 5) is 8.20. The lowest BCUT2D eigenvalue weighted by Gasteiger charge is -2.17. The minimum Gasteiger partial charge on any atom is -0.373 e. The van der Waals surface area contributed by atoms with Gasteiger partial charge in [-0.3, -0.25) is 0 Å². The molecule has 0 amide bonds. The van der Waals surface area contributed by atoms with Crippen LogP contribution in [0.5, 0.6) is 0 Å². The van der Waals surface area contributed by atoms with Crippen LogP contribution in [0.2, 0.25) is 5.28 Å². The van der Waals surface area contributed by atoms with Crippen LogP contribution in [0.3, 0.4) is 0 Å². The molecule has 1 aromatic carbocycles. The fourth-order valence-electron chi connectivity index (χ4n) is 2.87. The Morgan fingerprint density at radius 3 is 3.05 bits per heavy atom. The van der Waals surface area contributed by atoms with Gasteiger partial charge in [0, 0.05) is 23.7 Å². The Balaban J connectivity index is 2.08. The maximum atomic E-state index is 13.6. The molecule has 1 aliphatic heterocycles. The first-order valence-corrected chi connectivity index (χ1v) is 6.99. The number of halogens is 2. The third-order valence-corrected chi connectivity index (χ3v) is 3.90. The van der Waals surface area contributed by atoms with Crippen LogP contribution >= 0.6 is 11.6 Å². The van der Waals surface area contributed by atoms with Crippen LogP contribution in [0.1, 0.15) is 5.69 Å². The zero-order chi connectivity index (χ0) is 14.4. The first-order valence-electron chi connectivity index (χ1n) is 6.61. The second kappa shape index (κ2) is 4.79. The molecule has 106 valence electrons. The molecular weight excluding hydrogens is 293 g/mol. The fourth-order valence-corrected chi connectivity index (χ4v) is 3.01. The summed E-state index contributed by atoms with van der Waals surface area (Å²) in [7, 11) is 0. The Morgan fingerprint density at radius 2 is 2.19 bits per heavy atom. The topological polar surface area (TPSA) is 39.9 Å². The van der Waals surface area contributed by atoms with Gasteiger partial charge in [0.2, 0.25) is 5.28 Å². The van der Waals surface area contributed by atoms with E-state index >= 15 is 0 Å². The number of benzene rings is 1. The summed E-state index contributed by atoms with van der Waals surface area (Å²) >= 11 is 5.90. The summed E-state index contributed by atoms with van der Waals surface area (Å²) in [6.07, 6.45) is 1.62. The highest BCUT2D eigenvalue weighted by molar-refractivity contribution is 6.28. The molecular formula is C15H11ClFN3O. The Bertz CT molecular complexity index is 846. The molecule has 0 saturated heterocycles. The molecule has 4 nitrogen and oxygen atoms in total. The minimum atomic E-state index is -0.249. The molecule has 0 radical (unpaired) electrons. The van der Waals surface area contributed by atoms with E-state index in [0.29, 0.717) is 19.8 Å². The van der Waals surface area contributed by atoms with Gasteiger partial charge in [0.05, 0.1) is 30.1 Å². The van der Waals surface area contributed by atoms with Crippen LogP contribution in [0.15, 0.2) is 30.5 Å². The highest BCUT2D eigenvalue weighted by Gasteiger charge is 2.22. The predicted molar refractivity (Wildman–Crippen MR) is 77.6 cm³/mol. The number of aromatic nitrogens is 3. The van der Waals surface area contributed by atoms with Crippen molar-refractivity contribution in [3.05, 3.63) is 47.3 Å². The first kappa shape index (κ1) is 12.7. The maximum absolute atomic E-state index is 13.6.